The molecule has 0 fully saturated rings. The fourth-order valence-electron chi connectivity index (χ4n) is 2.09. The lowest BCUT2D eigenvalue weighted by molar-refractivity contribution is 0.454. The third-order valence-electron chi connectivity index (χ3n) is 3.25. The second kappa shape index (κ2) is 6.60. The van der Waals surface area contributed by atoms with Crippen LogP contribution in [0, 0.1) is 0 Å². The fraction of sp³-hybridized carbons (Fsp3) is 0.400. The van der Waals surface area contributed by atoms with Gasteiger partial charge in [0.25, 0.3) is 0 Å². The van der Waals surface area contributed by atoms with Gasteiger partial charge in [-0.25, -0.2) is 4.99 Å². The quantitative estimate of drug-likeness (QED) is 0.742. The number of rotatable bonds is 5. The third kappa shape index (κ3) is 3.61. The molecule has 0 atom stereocenters. The van der Waals surface area contributed by atoms with Crippen LogP contribution in [0.15, 0.2) is 46.6 Å². The molecule has 2 nitrogen and oxygen atoms in total. The van der Waals surface area contributed by atoms with E-state index in [0.717, 1.165) is 31.6 Å². The minimum atomic E-state index is 0.675. The van der Waals surface area contributed by atoms with Crippen molar-refractivity contribution in [3.8, 4) is 0 Å². The van der Waals surface area contributed by atoms with Crippen LogP contribution in [0.3, 0.4) is 0 Å². The first-order chi connectivity index (χ1) is 8.79. The number of nitrogens with zero attached hydrogens (tertiary/aromatic N) is 2. The minimum absolute atomic E-state index is 0.675. The Kier molecular flexibility index (Phi) is 4.82. The molecule has 0 amide bonds. The molecule has 0 unspecified atom stereocenters. The smallest absolute Gasteiger partial charge is 0.0911 e. The third-order valence-corrected chi connectivity index (χ3v) is 3.44. The van der Waals surface area contributed by atoms with E-state index in [4.69, 9.17) is 11.6 Å². The summed E-state index contributed by atoms with van der Waals surface area (Å²) in [5.41, 5.74) is 3.86. The van der Waals surface area contributed by atoms with Gasteiger partial charge >= 0.3 is 0 Å². The molecule has 0 saturated carbocycles. The predicted molar refractivity (Wildman–Crippen MR) is 78.2 cm³/mol. The van der Waals surface area contributed by atoms with Gasteiger partial charge in [-0.1, -0.05) is 30.3 Å². The van der Waals surface area contributed by atoms with E-state index in [1.54, 1.807) is 0 Å². The van der Waals surface area contributed by atoms with Crippen molar-refractivity contribution >= 4 is 17.9 Å². The summed E-state index contributed by atoms with van der Waals surface area (Å²) < 4.78 is 0. The molecule has 0 bridgehead atoms. The number of benzene rings is 1. The molecule has 0 spiro atoms. The molecular formula is C15H19ClN2. The monoisotopic (exact) mass is 262 g/mol. The summed E-state index contributed by atoms with van der Waals surface area (Å²) in [6, 6.07) is 10.6. The van der Waals surface area contributed by atoms with Crippen LogP contribution in [-0.4, -0.2) is 30.2 Å². The van der Waals surface area contributed by atoms with Crippen molar-refractivity contribution in [3.05, 3.63) is 47.2 Å². The van der Waals surface area contributed by atoms with Crippen molar-refractivity contribution in [1.82, 2.24) is 4.90 Å². The molecule has 18 heavy (non-hydrogen) atoms. The molecule has 1 aliphatic heterocycles. The van der Waals surface area contributed by atoms with Crippen LogP contribution in [0.25, 0.3) is 0 Å². The van der Waals surface area contributed by atoms with E-state index in [9.17, 15) is 0 Å². The van der Waals surface area contributed by atoms with Gasteiger partial charge in [0.1, 0.15) is 0 Å². The Morgan fingerprint density at radius 3 is 2.72 bits per heavy atom. The first-order valence-corrected chi connectivity index (χ1v) is 6.90. The molecule has 0 aromatic heterocycles. The van der Waals surface area contributed by atoms with Gasteiger partial charge < -0.3 is 4.90 Å². The number of alkyl halides is 1. The van der Waals surface area contributed by atoms with Crippen molar-refractivity contribution in [1.29, 1.82) is 0 Å². The van der Waals surface area contributed by atoms with Crippen LogP contribution in [0.4, 0.5) is 0 Å². The first-order valence-electron chi connectivity index (χ1n) is 6.36. The van der Waals surface area contributed by atoms with E-state index in [0.29, 0.717) is 5.88 Å². The SMILES string of the molecule is CC1=C(CCCl)CN(CCc2ccccc2)C=N1. The lowest BCUT2D eigenvalue weighted by Crippen LogP contribution is -2.29. The summed E-state index contributed by atoms with van der Waals surface area (Å²) in [6.45, 7) is 4.04. The molecule has 0 aliphatic carbocycles. The summed E-state index contributed by atoms with van der Waals surface area (Å²) in [5, 5.41) is 0. The average molecular weight is 263 g/mol. The Morgan fingerprint density at radius 1 is 1.22 bits per heavy atom. The van der Waals surface area contributed by atoms with Crippen molar-refractivity contribution in [3.63, 3.8) is 0 Å². The van der Waals surface area contributed by atoms with E-state index in [1.165, 1.54) is 11.1 Å². The summed E-state index contributed by atoms with van der Waals surface area (Å²) in [7, 11) is 0. The van der Waals surface area contributed by atoms with Gasteiger partial charge in [0.15, 0.2) is 0 Å². The van der Waals surface area contributed by atoms with Gasteiger partial charge in [0.05, 0.1) is 6.34 Å². The van der Waals surface area contributed by atoms with Gasteiger partial charge in [-0.05, 0) is 30.9 Å². The molecule has 0 radical (unpaired) electrons. The van der Waals surface area contributed by atoms with Crippen molar-refractivity contribution < 1.29 is 0 Å². The number of hydrogen-bond acceptors (Lipinski definition) is 2. The number of allylic oxidation sites excluding steroid dienone is 1. The second-order valence-corrected chi connectivity index (χ2v) is 4.96. The van der Waals surface area contributed by atoms with E-state index >= 15 is 0 Å². The van der Waals surface area contributed by atoms with Crippen molar-refractivity contribution in [2.24, 2.45) is 4.99 Å². The zero-order chi connectivity index (χ0) is 12.8. The predicted octanol–water partition coefficient (Wildman–Crippen LogP) is 3.48. The zero-order valence-electron chi connectivity index (χ0n) is 10.8. The maximum atomic E-state index is 5.82. The van der Waals surface area contributed by atoms with Crippen LogP contribution >= 0.6 is 11.6 Å². The van der Waals surface area contributed by atoms with Crippen LogP contribution in [-0.2, 0) is 6.42 Å². The van der Waals surface area contributed by atoms with Crippen molar-refractivity contribution in [2.45, 2.75) is 19.8 Å². The molecule has 1 aromatic rings. The Labute approximate surface area is 114 Å². The first kappa shape index (κ1) is 13.2. The molecular weight excluding hydrogens is 244 g/mol. The Morgan fingerprint density at radius 2 is 2.00 bits per heavy atom. The topological polar surface area (TPSA) is 15.6 Å². The largest absolute Gasteiger partial charge is 0.358 e. The lowest BCUT2D eigenvalue weighted by atomic mass is 10.1. The molecule has 0 N–H and O–H groups in total. The maximum Gasteiger partial charge on any atom is 0.0911 e. The normalized spacial score (nSPS) is 15.3. The lowest BCUT2D eigenvalue weighted by Gasteiger charge is -2.25. The average Bonchev–Trinajstić information content (AvgIpc) is 2.41. The van der Waals surface area contributed by atoms with Crippen LogP contribution < -0.4 is 0 Å². The summed E-state index contributed by atoms with van der Waals surface area (Å²) in [5.74, 6) is 0.675. The molecule has 1 aromatic carbocycles. The molecule has 0 saturated heterocycles. The minimum Gasteiger partial charge on any atom is -0.358 e. The zero-order valence-corrected chi connectivity index (χ0v) is 11.5. The molecule has 1 heterocycles. The highest BCUT2D eigenvalue weighted by Crippen LogP contribution is 2.16. The second-order valence-electron chi connectivity index (χ2n) is 4.58. The molecule has 1 aliphatic rings. The highest BCUT2D eigenvalue weighted by Gasteiger charge is 2.11. The standard InChI is InChI=1S/C15H19ClN2/c1-13-15(7-9-16)11-18(12-17-13)10-8-14-5-3-2-4-6-14/h2-6,12H,7-11H2,1H3. The Bertz CT molecular complexity index is 437. The van der Waals surface area contributed by atoms with E-state index < -0.39 is 0 Å². The van der Waals surface area contributed by atoms with Gasteiger partial charge in [0, 0.05) is 24.7 Å². The summed E-state index contributed by atoms with van der Waals surface area (Å²) in [4.78, 5) is 6.71. The van der Waals surface area contributed by atoms with Gasteiger partial charge in [-0.3, -0.25) is 0 Å². The van der Waals surface area contributed by atoms with E-state index in [1.807, 2.05) is 6.34 Å². The van der Waals surface area contributed by atoms with Gasteiger partial charge in [-0.2, -0.15) is 0 Å². The highest BCUT2D eigenvalue weighted by molar-refractivity contribution is 6.18. The number of halogens is 1. The number of hydrogen-bond donors (Lipinski definition) is 0. The summed E-state index contributed by atoms with van der Waals surface area (Å²) >= 11 is 5.82. The maximum absolute atomic E-state index is 5.82. The van der Waals surface area contributed by atoms with Crippen LogP contribution in [0.1, 0.15) is 18.9 Å². The molecule has 2 rings (SSSR count). The van der Waals surface area contributed by atoms with Gasteiger partial charge in [-0.15, -0.1) is 11.6 Å². The van der Waals surface area contributed by atoms with Crippen molar-refractivity contribution in [2.75, 3.05) is 19.0 Å². The fourth-order valence-corrected chi connectivity index (χ4v) is 2.32. The van der Waals surface area contributed by atoms with E-state index in [2.05, 4.69) is 47.1 Å². The number of aliphatic imine (C=N–C) groups is 1. The van der Waals surface area contributed by atoms with Gasteiger partial charge in [0.2, 0.25) is 0 Å². The van der Waals surface area contributed by atoms with E-state index in [-0.39, 0.29) is 0 Å². The highest BCUT2D eigenvalue weighted by atomic mass is 35.5. The van der Waals surface area contributed by atoms with Crippen LogP contribution in [0.5, 0.6) is 0 Å². The Hall–Kier alpha value is -1.28. The van der Waals surface area contributed by atoms with Crippen LogP contribution in [0.2, 0.25) is 0 Å². The summed E-state index contributed by atoms with van der Waals surface area (Å²) in [6.07, 6.45) is 3.95. The molecule has 3 heteroatoms. The molecule has 96 valence electrons. The Balaban J connectivity index is 1.88.